The summed E-state index contributed by atoms with van der Waals surface area (Å²) in [6, 6.07) is 52.8. The molecule has 0 N–H and O–H groups in total. The minimum absolute atomic E-state index is 0.611. The van der Waals surface area contributed by atoms with Gasteiger partial charge in [-0.05, 0) is 61.3 Å². The molecule has 0 radical (unpaired) electrons. The van der Waals surface area contributed by atoms with Crippen LogP contribution in [0.2, 0.25) is 0 Å². The average Bonchev–Trinajstić information content (AvgIpc) is 3.53. The molecule has 47 heavy (non-hydrogen) atoms. The summed E-state index contributed by atoms with van der Waals surface area (Å²) in [7, 11) is 0. The van der Waals surface area contributed by atoms with E-state index in [1.165, 1.54) is 26.9 Å². The van der Waals surface area contributed by atoms with E-state index >= 15 is 0 Å². The summed E-state index contributed by atoms with van der Waals surface area (Å²) in [5.41, 5.74) is 4.47. The largest absolute Gasteiger partial charge is 0.456 e. The van der Waals surface area contributed by atoms with Crippen molar-refractivity contribution in [1.29, 1.82) is 0 Å². The fourth-order valence-electron chi connectivity index (χ4n) is 7.10. The van der Waals surface area contributed by atoms with Crippen molar-refractivity contribution in [3.05, 3.63) is 152 Å². The van der Waals surface area contributed by atoms with Crippen LogP contribution in [0.4, 0.5) is 0 Å². The first-order chi connectivity index (χ1) is 23.3. The van der Waals surface area contributed by atoms with Crippen LogP contribution < -0.4 is 0 Å². The normalized spacial score (nSPS) is 11.8. The lowest BCUT2D eigenvalue weighted by molar-refractivity contribution is 0.669. The molecule has 0 aliphatic heterocycles. The van der Waals surface area contributed by atoms with Gasteiger partial charge in [-0.3, -0.25) is 0 Å². The highest BCUT2D eigenvalue weighted by Gasteiger charge is 2.19. The van der Waals surface area contributed by atoms with Crippen molar-refractivity contribution in [1.82, 2.24) is 15.0 Å². The SMILES string of the molecule is c1ccc2c(-c3nc(-c4ccc5c(ccc6c7ccccc7ccc56)c4)nc(-c4cccc5oc6ccccc6c45)n3)cccc2c1. The third-order valence-electron chi connectivity index (χ3n) is 9.31. The molecule has 2 aromatic heterocycles. The fourth-order valence-corrected chi connectivity index (χ4v) is 7.10. The molecule has 0 saturated carbocycles. The third-order valence-corrected chi connectivity index (χ3v) is 9.31. The first kappa shape index (κ1) is 25.9. The Morgan fingerprint density at radius 1 is 0.340 bits per heavy atom. The molecule has 10 aromatic rings. The number of nitrogens with zero attached hydrogens (tertiary/aromatic N) is 3. The molecule has 0 saturated heterocycles. The molecular formula is C43H25N3O. The summed E-state index contributed by atoms with van der Waals surface area (Å²) in [6.07, 6.45) is 0. The maximum atomic E-state index is 6.24. The van der Waals surface area contributed by atoms with Gasteiger partial charge in [-0.1, -0.05) is 133 Å². The Balaban J connectivity index is 1.23. The van der Waals surface area contributed by atoms with Crippen molar-refractivity contribution < 1.29 is 4.42 Å². The summed E-state index contributed by atoms with van der Waals surface area (Å²) in [5.74, 6) is 1.88. The fraction of sp³-hybridized carbons (Fsp3) is 0. The predicted octanol–water partition coefficient (Wildman–Crippen LogP) is 11.4. The van der Waals surface area contributed by atoms with Crippen LogP contribution in [0.15, 0.2) is 156 Å². The van der Waals surface area contributed by atoms with E-state index in [2.05, 4.69) is 121 Å². The second-order valence-corrected chi connectivity index (χ2v) is 12.0. The third kappa shape index (κ3) is 4.05. The van der Waals surface area contributed by atoms with Gasteiger partial charge in [0, 0.05) is 27.5 Å². The number of fused-ring (bicyclic) bond motifs is 9. The quantitative estimate of drug-likeness (QED) is 0.190. The van der Waals surface area contributed by atoms with Crippen LogP contribution in [0, 0.1) is 0 Å². The van der Waals surface area contributed by atoms with E-state index in [1.807, 2.05) is 30.3 Å². The number of hydrogen-bond acceptors (Lipinski definition) is 4. The number of rotatable bonds is 3. The molecule has 10 rings (SSSR count). The molecule has 0 unspecified atom stereocenters. The van der Waals surface area contributed by atoms with Gasteiger partial charge < -0.3 is 4.42 Å². The Hall–Kier alpha value is -6.39. The zero-order valence-electron chi connectivity index (χ0n) is 25.2. The highest BCUT2D eigenvalue weighted by atomic mass is 16.3. The van der Waals surface area contributed by atoms with E-state index in [0.717, 1.165) is 54.8 Å². The van der Waals surface area contributed by atoms with Gasteiger partial charge in [0.25, 0.3) is 0 Å². The molecule has 0 fully saturated rings. The molecule has 0 amide bonds. The molecule has 4 heteroatoms. The maximum absolute atomic E-state index is 6.24. The van der Waals surface area contributed by atoms with Gasteiger partial charge in [-0.15, -0.1) is 0 Å². The van der Waals surface area contributed by atoms with Gasteiger partial charge in [0.05, 0.1) is 0 Å². The van der Waals surface area contributed by atoms with Crippen LogP contribution in [0.5, 0.6) is 0 Å². The van der Waals surface area contributed by atoms with E-state index < -0.39 is 0 Å². The Bertz CT molecular complexity index is 2860. The highest BCUT2D eigenvalue weighted by Crippen LogP contribution is 2.38. The molecule has 0 bridgehead atoms. The summed E-state index contributed by atoms with van der Waals surface area (Å²) in [6.45, 7) is 0. The number of furan rings is 1. The number of hydrogen-bond donors (Lipinski definition) is 0. The molecule has 0 aliphatic carbocycles. The van der Waals surface area contributed by atoms with Crippen LogP contribution in [-0.2, 0) is 0 Å². The Labute approximate surface area is 269 Å². The van der Waals surface area contributed by atoms with Gasteiger partial charge in [-0.25, -0.2) is 15.0 Å². The monoisotopic (exact) mass is 599 g/mol. The van der Waals surface area contributed by atoms with Crippen LogP contribution in [0.25, 0.3) is 99.2 Å². The van der Waals surface area contributed by atoms with E-state index in [1.54, 1.807) is 0 Å². The van der Waals surface area contributed by atoms with Crippen molar-refractivity contribution in [2.24, 2.45) is 0 Å². The van der Waals surface area contributed by atoms with Gasteiger partial charge >= 0.3 is 0 Å². The van der Waals surface area contributed by atoms with Crippen LogP contribution in [0.1, 0.15) is 0 Å². The van der Waals surface area contributed by atoms with Gasteiger partial charge in [0.15, 0.2) is 17.5 Å². The lowest BCUT2D eigenvalue weighted by Gasteiger charge is -2.12. The average molecular weight is 600 g/mol. The topological polar surface area (TPSA) is 51.8 Å². The zero-order valence-corrected chi connectivity index (χ0v) is 25.2. The maximum Gasteiger partial charge on any atom is 0.164 e. The molecule has 4 nitrogen and oxygen atoms in total. The van der Waals surface area contributed by atoms with E-state index in [9.17, 15) is 0 Å². The first-order valence-corrected chi connectivity index (χ1v) is 15.8. The molecule has 2 heterocycles. The summed E-state index contributed by atoms with van der Waals surface area (Å²) in [5, 5.41) is 11.6. The molecule has 0 atom stereocenters. The molecule has 8 aromatic carbocycles. The highest BCUT2D eigenvalue weighted by molar-refractivity contribution is 6.17. The van der Waals surface area contributed by atoms with E-state index in [4.69, 9.17) is 19.4 Å². The summed E-state index contributed by atoms with van der Waals surface area (Å²) >= 11 is 0. The van der Waals surface area contributed by atoms with Crippen LogP contribution in [0.3, 0.4) is 0 Å². The Morgan fingerprint density at radius 2 is 0.894 bits per heavy atom. The van der Waals surface area contributed by atoms with Crippen molar-refractivity contribution in [3.63, 3.8) is 0 Å². The van der Waals surface area contributed by atoms with Crippen molar-refractivity contribution >= 4 is 65.0 Å². The standard InChI is InChI=1S/C43H25N3O/c1-4-13-31-26(9-1)11-7-15-35(31)42-44-41(45-43(46-42)37-16-8-18-39-40(37)36-14-5-6-17-38(36)47-39)29-21-22-32-28(25-29)20-24-33-30-12-3-2-10-27(30)19-23-34(32)33/h1-25H. The van der Waals surface area contributed by atoms with Gasteiger partial charge in [-0.2, -0.15) is 0 Å². The smallest absolute Gasteiger partial charge is 0.164 e. The predicted molar refractivity (Wildman–Crippen MR) is 193 cm³/mol. The van der Waals surface area contributed by atoms with Crippen LogP contribution in [-0.4, -0.2) is 15.0 Å². The van der Waals surface area contributed by atoms with Crippen molar-refractivity contribution in [3.8, 4) is 34.2 Å². The second-order valence-electron chi connectivity index (χ2n) is 12.0. The Kier molecular flexibility index (Phi) is 5.54. The van der Waals surface area contributed by atoms with Gasteiger partial charge in [0.2, 0.25) is 0 Å². The minimum atomic E-state index is 0.611. The number of para-hydroxylation sites is 1. The van der Waals surface area contributed by atoms with Gasteiger partial charge in [0.1, 0.15) is 11.2 Å². The molecular weight excluding hydrogens is 574 g/mol. The van der Waals surface area contributed by atoms with E-state index in [-0.39, 0.29) is 0 Å². The summed E-state index contributed by atoms with van der Waals surface area (Å²) in [4.78, 5) is 15.5. The minimum Gasteiger partial charge on any atom is -0.456 e. The molecule has 0 spiro atoms. The summed E-state index contributed by atoms with van der Waals surface area (Å²) < 4.78 is 6.24. The van der Waals surface area contributed by atoms with Crippen molar-refractivity contribution in [2.45, 2.75) is 0 Å². The zero-order chi connectivity index (χ0) is 30.9. The first-order valence-electron chi connectivity index (χ1n) is 15.8. The number of aromatic nitrogens is 3. The molecule has 0 aliphatic rings. The molecule has 218 valence electrons. The van der Waals surface area contributed by atoms with E-state index in [0.29, 0.717) is 17.5 Å². The lowest BCUT2D eigenvalue weighted by Crippen LogP contribution is -2.01. The number of benzene rings is 8. The Morgan fingerprint density at radius 3 is 1.74 bits per heavy atom. The second kappa shape index (κ2) is 10.1. The van der Waals surface area contributed by atoms with Crippen molar-refractivity contribution in [2.75, 3.05) is 0 Å². The lowest BCUT2D eigenvalue weighted by atomic mass is 9.96. The van der Waals surface area contributed by atoms with Crippen LogP contribution >= 0.6 is 0 Å².